The molecule has 0 spiro atoms. The quantitative estimate of drug-likeness (QED) is 0.797. The van der Waals surface area contributed by atoms with Crippen molar-refractivity contribution in [3.63, 3.8) is 0 Å². The molecule has 1 aromatic heterocycles. The molecule has 3 N–H and O–H groups in total. The molecule has 7 nitrogen and oxygen atoms in total. The van der Waals surface area contributed by atoms with Crippen LogP contribution in [0.15, 0.2) is 24.4 Å². The summed E-state index contributed by atoms with van der Waals surface area (Å²) in [6.07, 6.45) is 3.38. The highest BCUT2D eigenvalue weighted by molar-refractivity contribution is 5.95. The molecule has 1 aliphatic heterocycles. The van der Waals surface area contributed by atoms with E-state index in [1.165, 1.54) is 0 Å². The van der Waals surface area contributed by atoms with E-state index in [4.69, 9.17) is 0 Å². The number of urea groups is 1. The van der Waals surface area contributed by atoms with Gasteiger partial charge in [-0.1, -0.05) is 13.8 Å². The fraction of sp³-hybridized carbons (Fsp3) is 0.500. The third-order valence-electron chi connectivity index (χ3n) is 4.45. The predicted molar refractivity (Wildman–Crippen MR) is 97.3 cm³/mol. The number of piperidine rings is 1. The van der Waals surface area contributed by atoms with Gasteiger partial charge in [0.25, 0.3) is 0 Å². The molecule has 2 aromatic rings. The average molecular weight is 343 g/mol. The zero-order valence-electron chi connectivity index (χ0n) is 14.7. The molecular formula is C18H25N5O2. The lowest BCUT2D eigenvalue weighted by Gasteiger charge is -2.32. The van der Waals surface area contributed by atoms with Crippen molar-refractivity contribution < 1.29 is 9.59 Å². The number of hydrogen-bond donors (Lipinski definition) is 3. The average Bonchev–Trinajstić information content (AvgIpc) is 3.07. The predicted octanol–water partition coefficient (Wildman–Crippen LogP) is 2.58. The molecule has 2 heterocycles. The Morgan fingerprint density at radius 2 is 2.24 bits per heavy atom. The number of amides is 3. The highest BCUT2D eigenvalue weighted by Crippen LogP contribution is 2.21. The number of rotatable bonds is 4. The molecule has 1 fully saturated rings. The van der Waals surface area contributed by atoms with Gasteiger partial charge in [-0.25, -0.2) is 4.79 Å². The number of carbonyl (C=O) groups excluding carboxylic acids is 2. The van der Waals surface area contributed by atoms with Gasteiger partial charge in [0.05, 0.1) is 17.6 Å². The third-order valence-corrected chi connectivity index (χ3v) is 4.45. The molecule has 0 saturated carbocycles. The lowest BCUT2D eigenvalue weighted by Crippen LogP contribution is -2.48. The molecule has 7 heteroatoms. The number of anilines is 1. The monoisotopic (exact) mass is 343 g/mol. The molecule has 25 heavy (non-hydrogen) atoms. The summed E-state index contributed by atoms with van der Waals surface area (Å²) in [4.78, 5) is 26.5. The van der Waals surface area contributed by atoms with Crippen LogP contribution in [0.5, 0.6) is 0 Å². The number of fused-ring (bicyclic) bond motifs is 1. The first-order valence-corrected chi connectivity index (χ1v) is 8.79. The van der Waals surface area contributed by atoms with Crippen LogP contribution in [-0.4, -0.2) is 46.7 Å². The van der Waals surface area contributed by atoms with Crippen molar-refractivity contribution in [1.82, 2.24) is 20.4 Å². The fourth-order valence-corrected chi connectivity index (χ4v) is 3.04. The van der Waals surface area contributed by atoms with Gasteiger partial charge in [-0.2, -0.15) is 5.10 Å². The molecule has 3 amide bonds. The Balaban J connectivity index is 1.58. The van der Waals surface area contributed by atoms with Crippen LogP contribution in [-0.2, 0) is 4.79 Å². The molecule has 1 atom stereocenters. The Bertz CT molecular complexity index is 755. The summed E-state index contributed by atoms with van der Waals surface area (Å²) in [6, 6.07) is 5.58. The number of hydrogen-bond acceptors (Lipinski definition) is 3. The number of aromatic nitrogens is 2. The van der Waals surface area contributed by atoms with Crippen molar-refractivity contribution in [2.75, 3.05) is 25.0 Å². The zero-order chi connectivity index (χ0) is 17.8. The van der Waals surface area contributed by atoms with Crippen LogP contribution in [0.2, 0.25) is 0 Å². The molecule has 0 unspecified atom stereocenters. The van der Waals surface area contributed by atoms with Gasteiger partial charge in [0.2, 0.25) is 5.91 Å². The number of aromatic amines is 1. The molecule has 0 radical (unpaired) electrons. The molecule has 1 aromatic carbocycles. The Kier molecular flexibility index (Phi) is 5.21. The van der Waals surface area contributed by atoms with Crippen molar-refractivity contribution in [2.24, 2.45) is 11.8 Å². The van der Waals surface area contributed by atoms with Crippen molar-refractivity contribution in [1.29, 1.82) is 0 Å². The second kappa shape index (κ2) is 7.55. The number of nitrogens with zero attached hydrogens (tertiary/aromatic N) is 2. The molecule has 0 aliphatic carbocycles. The molecule has 0 bridgehead atoms. The van der Waals surface area contributed by atoms with Crippen LogP contribution in [0.4, 0.5) is 10.5 Å². The number of carbonyl (C=O) groups is 2. The Labute approximate surface area is 147 Å². The van der Waals surface area contributed by atoms with Crippen LogP contribution < -0.4 is 10.6 Å². The van der Waals surface area contributed by atoms with Gasteiger partial charge in [0.1, 0.15) is 0 Å². The summed E-state index contributed by atoms with van der Waals surface area (Å²) < 4.78 is 0. The van der Waals surface area contributed by atoms with Crippen LogP contribution in [0, 0.1) is 11.8 Å². The van der Waals surface area contributed by atoms with Gasteiger partial charge < -0.3 is 15.5 Å². The maximum Gasteiger partial charge on any atom is 0.317 e. The Hall–Kier alpha value is -2.57. The van der Waals surface area contributed by atoms with E-state index >= 15 is 0 Å². The van der Waals surface area contributed by atoms with Gasteiger partial charge in [0.15, 0.2) is 0 Å². The largest absolute Gasteiger partial charge is 0.338 e. The van der Waals surface area contributed by atoms with Crippen molar-refractivity contribution in [3.8, 4) is 0 Å². The summed E-state index contributed by atoms with van der Waals surface area (Å²) in [5, 5.41) is 13.8. The maximum atomic E-state index is 12.6. The molecule has 1 saturated heterocycles. The first kappa shape index (κ1) is 17.3. The van der Waals surface area contributed by atoms with Gasteiger partial charge >= 0.3 is 6.03 Å². The summed E-state index contributed by atoms with van der Waals surface area (Å²) in [5.41, 5.74) is 1.62. The summed E-state index contributed by atoms with van der Waals surface area (Å²) in [6.45, 7) is 5.93. The molecular weight excluding hydrogens is 318 g/mol. The van der Waals surface area contributed by atoms with Crippen molar-refractivity contribution in [3.05, 3.63) is 24.4 Å². The van der Waals surface area contributed by atoms with Crippen LogP contribution in [0.1, 0.15) is 26.7 Å². The first-order valence-electron chi connectivity index (χ1n) is 8.79. The molecule has 1 aliphatic rings. The van der Waals surface area contributed by atoms with E-state index in [2.05, 4.69) is 34.7 Å². The first-order chi connectivity index (χ1) is 12.0. The SMILES string of the molecule is CC(C)CNC(=O)N1CCC[C@H](C(=O)Nc2ccc3cn[nH]c3c2)C1. The van der Waals surface area contributed by atoms with E-state index in [0.717, 1.165) is 29.4 Å². The van der Waals surface area contributed by atoms with Crippen LogP contribution >= 0.6 is 0 Å². The highest BCUT2D eigenvalue weighted by atomic mass is 16.2. The second-order valence-electron chi connectivity index (χ2n) is 7.03. The van der Waals surface area contributed by atoms with Crippen LogP contribution in [0.3, 0.4) is 0 Å². The minimum Gasteiger partial charge on any atom is -0.338 e. The standard InChI is InChI=1S/C18H25N5O2/c1-12(2)9-19-18(25)23-7-3-4-14(11-23)17(24)21-15-6-5-13-10-20-22-16(13)8-15/h5-6,8,10,12,14H,3-4,7,9,11H2,1-2H3,(H,19,25)(H,20,22)(H,21,24)/t14-/m0/s1. The Morgan fingerprint density at radius 1 is 1.40 bits per heavy atom. The summed E-state index contributed by atoms with van der Waals surface area (Å²) >= 11 is 0. The molecule has 134 valence electrons. The highest BCUT2D eigenvalue weighted by Gasteiger charge is 2.28. The minimum atomic E-state index is -0.184. The number of benzene rings is 1. The number of H-pyrrole nitrogens is 1. The zero-order valence-corrected chi connectivity index (χ0v) is 14.7. The van der Waals surface area contributed by atoms with E-state index in [-0.39, 0.29) is 17.9 Å². The summed E-state index contributed by atoms with van der Waals surface area (Å²) in [7, 11) is 0. The normalized spacial score (nSPS) is 17.7. The van der Waals surface area contributed by atoms with E-state index in [1.54, 1.807) is 11.1 Å². The van der Waals surface area contributed by atoms with Crippen molar-refractivity contribution >= 4 is 28.5 Å². The van der Waals surface area contributed by atoms with Gasteiger partial charge in [-0.05, 0) is 37.0 Å². The number of nitrogens with one attached hydrogen (secondary N) is 3. The topological polar surface area (TPSA) is 90.1 Å². The summed E-state index contributed by atoms with van der Waals surface area (Å²) in [5.74, 6) is 0.182. The fourth-order valence-electron chi connectivity index (χ4n) is 3.04. The Morgan fingerprint density at radius 3 is 3.04 bits per heavy atom. The maximum absolute atomic E-state index is 12.6. The minimum absolute atomic E-state index is 0.0415. The van der Waals surface area contributed by atoms with Gasteiger partial charge in [0, 0.05) is 30.7 Å². The lowest BCUT2D eigenvalue weighted by molar-refractivity contribution is -0.121. The number of likely N-dealkylation sites (tertiary alicyclic amines) is 1. The molecule has 3 rings (SSSR count). The van der Waals surface area contributed by atoms with Crippen molar-refractivity contribution in [2.45, 2.75) is 26.7 Å². The lowest BCUT2D eigenvalue weighted by atomic mass is 9.97. The van der Waals surface area contributed by atoms with E-state index < -0.39 is 0 Å². The van der Waals surface area contributed by atoms with Crippen LogP contribution in [0.25, 0.3) is 10.9 Å². The van der Waals surface area contributed by atoms with E-state index in [0.29, 0.717) is 25.6 Å². The van der Waals surface area contributed by atoms with E-state index in [1.807, 2.05) is 18.2 Å². The second-order valence-corrected chi connectivity index (χ2v) is 7.03. The smallest absolute Gasteiger partial charge is 0.317 e. The van der Waals surface area contributed by atoms with Gasteiger partial charge in [-0.15, -0.1) is 0 Å². The third kappa shape index (κ3) is 4.29. The van der Waals surface area contributed by atoms with E-state index in [9.17, 15) is 9.59 Å². The van der Waals surface area contributed by atoms with Gasteiger partial charge in [-0.3, -0.25) is 9.89 Å².